The highest BCUT2D eigenvalue weighted by atomic mass is 19.4. The van der Waals surface area contributed by atoms with Crippen LogP contribution in [0.2, 0.25) is 0 Å². The van der Waals surface area contributed by atoms with Gasteiger partial charge >= 0.3 is 12.4 Å². The molecule has 10 nitrogen and oxygen atoms in total. The van der Waals surface area contributed by atoms with Crippen LogP contribution in [0.25, 0.3) is 0 Å². The summed E-state index contributed by atoms with van der Waals surface area (Å²) in [6.07, 6.45) is -17.2. The zero-order valence-electron chi connectivity index (χ0n) is 26.5. The number of halogens is 6. The molecule has 0 amide bonds. The summed E-state index contributed by atoms with van der Waals surface area (Å²) in [4.78, 5) is 0. The Hall–Kier alpha value is -2.18. The molecular formula is C33H40F6N2O8. The van der Waals surface area contributed by atoms with Gasteiger partial charge in [-0.25, -0.2) is 0 Å². The largest absolute Gasteiger partial charge is 0.506 e. The zero-order chi connectivity index (χ0) is 34.8. The third kappa shape index (κ3) is 5.30. The van der Waals surface area contributed by atoms with Gasteiger partial charge in [0.2, 0.25) is 0 Å². The molecule has 16 heteroatoms. The number of hydrogen-bond donors (Lipinski definition) is 4. The van der Waals surface area contributed by atoms with Gasteiger partial charge in [0.05, 0.1) is 87.5 Å². The molecule has 272 valence electrons. The van der Waals surface area contributed by atoms with E-state index in [1.165, 1.54) is 0 Å². The number of epoxide rings is 6. The predicted molar refractivity (Wildman–Crippen MR) is 157 cm³/mol. The van der Waals surface area contributed by atoms with Gasteiger partial charge < -0.3 is 50.1 Å². The summed E-state index contributed by atoms with van der Waals surface area (Å²) in [5.41, 5.74) is -2.59. The molecule has 49 heavy (non-hydrogen) atoms. The molecule has 6 aliphatic heterocycles. The van der Waals surface area contributed by atoms with E-state index in [1.54, 1.807) is 0 Å². The molecule has 0 aromatic heterocycles. The van der Waals surface area contributed by atoms with E-state index >= 15 is 26.3 Å². The van der Waals surface area contributed by atoms with Gasteiger partial charge in [-0.1, -0.05) is 12.1 Å². The van der Waals surface area contributed by atoms with Gasteiger partial charge in [0, 0.05) is 17.3 Å². The van der Waals surface area contributed by atoms with Crippen molar-refractivity contribution in [2.75, 3.05) is 45.4 Å². The number of alkyl halides is 6. The molecule has 6 fully saturated rings. The molecule has 6 heterocycles. The van der Waals surface area contributed by atoms with Crippen LogP contribution in [0.4, 0.5) is 32.0 Å². The quantitative estimate of drug-likeness (QED) is 0.0740. The van der Waals surface area contributed by atoms with Crippen molar-refractivity contribution in [1.29, 1.82) is 0 Å². The summed E-state index contributed by atoms with van der Waals surface area (Å²) in [6, 6.07) is 1.93. The van der Waals surface area contributed by atoms with Crippen molar-refractivity contribution in [3.05, 3.63) is 35.4 Å². The molecule has 9 unspecified atom stereocenters. The molecule has 9 atom stereocenters. The summed E-state index contributed by atoms with van der Waals surface area (Å²) in [6.45, 7) is 0.746. The lowest BCUT2D eigenvalue weighted by Gasteiger charge is -2.71. The van der Waals surface area contributed by atoms with Gasteiger partial charge in [-0.15, -0.1) is 0 Å². The number of hydrogen-bond acceptors (Lipinski definition) is 10. The number of rotatable bonds is 14. The van der Waals surface area contributed by atoms with Gasteiger partial charge in [-0.3, -0.25) is 0 Å². The van der Waals surface area contributed by atoms with E-state index in [-0.39, 0.29) is 77.3 Å². The number of aliphatic hydroxyl groups is 1. The summed E-state index contributed by atoms with van der Waals surface area (Å²) in [7, 11) is 0. The third-order valence-electron chi connectivity index (χ3n) is 12.0. The Bertz CT molecular complexity index is 1470. The SMILES string of the molecule is Nc1cc(C(C(F)(F)F)(C(F)(F)F)C2(CC3CO3)C=C(CC3CO3)C(O)(CC3CO3)C(N)(CC3CO3)C2(CC2CO2)CC2CO2)ccc1O. The van der Waals surface area contributed by atoms with Crippen LogP contribution in [0.3, 0.4) is 0 Å². The average molecular weight is 707 g/mol. The highest BCUT2D eigenvalue weighted by molar-refractivity contribution is 5.58. The van der Waals surface area contributed by atoms with Crippen LogP contribution in [0.5, 0.6) is 5.75 Å². The smallest absolute Gasteiger partial charge is 0.408 e. The first-order valence-corrected chi connectivity index (χ1v) is 16.6. The second kappa shape index (κ2) is 10.9. The maximum absolute atomic E-state index is 16.6. The number of benzene rings is 1. The third-order valence-corrected chi connectivity index (χ3v) is 12.0. The first-order valence-electron chi connectivity index (χ1n) is 16.6. The first kappa shape index (κ1) is 33.9. The molecule has 0 radical (unpaired) electrons. The van der Waals surface area contributed by atoms with Crippen LogP contribution < -0.4 is 11.5 Å². The molecule has 8 rings (SSSR count). The molecule has 0 bridgehead atoms. The van der Waals surface area contributed by atoms with E-state index in [1.807, 2.05) is 0 Å². The molecular weight excluding hydrogens is 666 g/mol. The number of phenols is 1. The van der Waals surface area contributed by atoms with Gasteiger partial charge in [-0.2, -0.15) is 26.3 Å². The predicted octanol–water partition coefficient (Wildman–Crippen LogP) is 3.41. The zero-order valence-corrected chi connectivity index (χ0v) is 26.5. The fourth-order valence-electron chi connectivity index (χ4n) is 9.45. The van der Waals surface area contributed by atoms with E-state index in [2.05, 4.69) is 0 Å². The van der Waals surface area contributed by atoms with Crippen molar-refractivity contribution in [2.45, 2.75) is 104 Å². The summed E-state index contributed by atoms with van der Waals surface area (Å²) in [5, 5.41) is 23.5. The van der Waals surface area contributed by atoms with Crippen LogP contribution in [-0.2, 0) is 33.8 Å². The molecule has 0 spiro atoms. The van der Waals surface area contributed by atoms with E-state index in [0.29, 0.717) is 12.1 Å². The number of ether oxygens (including phenoxy) is 6. The minimum atomic E-state index is -6.03. The molecule has 6 saturated heterocycles. The first-order chi connectivity index (χ1) is 23.0. The molecule has 6 N–H and O–H groups in total. The number of anilines is 1. The molecule has 1 aromatic carbocycles. The minimum Gasteiger partial charge on any atom is -0.506 e. The summed E-state index contributed by atoms with van der Waals surface area (Å²) < 4.78 is 133. The van der Waals surface area contributed by atoms with Gasteiger partial charge in [0.15, 0.2) is 5.41 Å². The Morgan fingerprint density at radius 3 is 1.59 bits per heavy atom. The standard InChI is InChI=1S/C33H40F6N2O8/c34-32(35,36)31(33(37,38)39,17-1-2-26(42)25(40)4-17)28(8-22-14-47-22)5-18(3-19-11-44-19)29(43,9-23-15-48-23)30(41,10-24-16-49-24)27(28,6-20-12-45-20)7-21-13-46-21/h1-2,4-5,19-24,42-43H,3,6-16,40-41H2. The van der Waals surface area contributed by atoms with Crippen molar-refractivity contribution in [3.63, 3.8) is 0 Å². The Morgan fingerprint density at radius 1 is 0.694 bits per heavy atom. The Morgan fingerprint density at radius 2 is 1.14 bits per heavy atom. The lowest BCUT2D eigenvalue weighted by atomic mass is 9.34. The maximum atomic E-state index is 16.6. The normalized spacial score (nSPS) is 42.4. The lowest BCUT2D eigenvalue weighted by Crippen LogP contribution is -2.82. The van der Waals surface area contributed by atoms with E-state index in [0.717, 1.165) is 12.1 Å². The number of phenolic OH excluding ortho intramolecular Hbond substituents is 1. The van der Waals surface area contributed by atoms with Crippen molar-refractivity contribution in [3.8, 4) is 5.75 Å². The fourth-order valence-corrected chi connectivity index (χ4v) is 9.45. The summed E-state index contributed by atoms with van der Waals surface area (Å²) in [5.74, 6) is -0.672. The Labute approximate surface area is 277 Å². The second-order valence-corrected chi connectivity index (χ2v) is 15.0. The van der Waals surface area contributed by atoms with Crippen molar-refractivity contribution in [1.82, 2.24) is 0 Å². The second-order valence-electron chi connectivity index (χ2n) is 15.0. The van der Waals surface area contributed by atoms with Crippen LogP contribution in [0, 0.1) is 10.8 Å². The highest BCUT2D eigenvalue weighted by Crippen LogP contribution is 2.78. The fraction of sp³-hybridized carbons (Fsp3) is 0.758. The summed E-state index contributed by atoms with van der Waals surface area (Å²) >= 11 is 0. The highest BCUT2D eigenvalue weighted by Gasteiger charge is 2.88. The van der Waals surface area contributed by atoms with Crippen molar-refractivity contribution >= 4 is 5.69 Å². The number of nitrogens with two attached hydrogens (primary N) is 2. The maximum Gasteiger partial charge on any atom is 0.408 e. The topological polar surface area (TPSA) is 168 Å². The number of nitrogen functional groups attached to an aromatic ring is 1. The van der Waals surface area contributed by atoms with Crippen molar-refractivity contribution < 1.29 is 65.0 Å². The lowest BCUT2D eigenvalue weighted by molar-refractivity contribution is -0.358. The Balaban J connectivity index is 1.54. The van der Waals surface area contributed by atoms with Gasteiger partial charge in [0.25, 0.3) is 0 Å². The van der Waals surface area contributed by atoms with Crippen LogP contribution >= 0.6 is 0 Å². The van der Waals surface area contributed by atoms with E-state index in [4.69, 9.17) is 39.9 Å². The van der Waals surface area contributed by atoms with Crippen molar-refractivity contribution in [2.24, 2.45) is 16.6 Å². The molecule has 1 aromatic rings. The number of aromatic hydroxyl groups is 1. The molecule has 1 aliphatic carbocycles. The van der Waals surface area contributed by atoms with Crippen LogP contribution in [0.1, 0.15) is 44.1 Å². The monoisotopic (exact) mass is 706 g/mol. The Kier molecular flexibility index (Phi) is 7.56. The van der Waals surface area contributed by atoms with Crippen LogP contribution in [-0.4, -0.2) is 110 Å². The minimum absolute atomic E-state index is 0.0667. The number of allylic oxidation sites excluding steroid dienone is 1. The molecule has 7 aliphatic rings. The van der Waals surface area contributed by atoms with Gasteiger partial charge in [-0.05, 0) is 55.4 Å². The molecule has 0 saturated carbocycles. The van der Waals surface area contributed by atoms with E-state index < -0.39 is 99.8 Å². The van der Waals surface area contributed by atoms with Gasteiger partial charge in [0.1, 0.15) is 11.4 Å². The van der Waals surface area contributed by atoms with Crippen LogP contribution in [0.15, 0.2) is 29.8 Å². The average Bonchev–Trinajstić information content (AvgIpc) is 3.77. The van der Waals surface area contributed by atoms with E-state index in [9.17, 15) is 10.2 Å².